The van der Waals surface area contributed by atoms with E-state index in [1.54, 1.807) is 24.3 Å². The van der Waals surface area contributed by atoms with Gasteiger partial charge in [-0.05, 0) is 68.9 Å². The summed E-state index contributed by atoms with van der Waals surface area (Å²) in [6.07, 6.45) is 7.70. The van der Waals surface area contributed by atoms with Crippen LogP contribution in [0.1, 0.15) is 62.9 Å². The third-order valence-electron chi connectivity index (χ3n) is 7.05. The molecule has 3 aromatic rings. The summed E-state index contributed by atoms with van der Waals surface area (Å²) < 4.78 is 16.4. The monoisotopic (exact) mass is 615 g/mol. The lowest BCUT2D eigenvalue weighted by molar-refractivity contribution is -0.155. The van der Waals surface area contributed by atoms with Crippen LogP contribution in [0.5, 0.6) is 5.88 Å². The molecule has 1 unspecified atom stereocenters. The maximum atomic E-state index is 13.2. The molecule has 1 saturated carbocycles. The van der Waals surface area contributed by atoms with Crippen molar-refractivity contribution in [2.75, 3.05) is 38.6 Å². The van der Waals surface area contributed by atoms with Gasteiger partial charge in [0.15, 0.2) is 0 Å². The van der Waals surface area contributed by atoms with Crippen molar-refractivity contribution < 1.29 is 23.8 Å². The summed E-state index contributed by atoms with van der Waals surface area (Å²) in [6.45, 7) is 7.67. The summed E-state index contributed by atoms with van der Waals surface area (Å²) in [5.74, 6) is 1.74. The van der Waals surface area contributed by atoms with Crippen molar-refractivity contribution in [3.05, 3.63) is 89.8 Å². The van der Waals surface area contributed by atoms with Gasteiger partial charge in [-0.3, -0.25) is 4.79 Å². The molecule has 0 bridgehead atoms. The standard InChI is InChI=1S/C35H45N5O5/c1-35(2,3)45-33(41)22-30(28-17-18-32(43-4)38-24-28)36-19-21-40(34(42)44-25-27-10-6-5-7-11-27)20-9-13-29-12-8-14-31(39-29)37-23-26-15-16-26/h5-14,17-18,24,26,30,36H,15-16,19-23,25H2,1-4H3,(H,37,39)/b13-9+. The Balaban J connectivity index is 1.41. The average molecular weight is 616 g/mol. The van der Waals surface area contributed by atoms with Crippen LogP contribution in [0.4, 0.5) is 10.6 Å². The zero-order valence-electron chi connectivity index (χ0n) is 26.7. The Kier molecular flexibility index (Phi) is 12.3. The smallest absolute Gasteiger partial charge is 0.410 e. The molecule has 1 fully saturated rings. The van der Waals surface area contributed by atoms with Gasteiger partial charge in [0.05, 0.1) is 19.2 Å². The molecule has 1 aliphatic rings. The first kappa shape index (κ1) is 33.5. The van der Waals surface area contributed by atoms with Crippen LogP contribution in [-0.4, -0.2) is 65.8 Å². The second kappa shape index (κ2) is 16.6. The molecule has 1 atom stereocenters. The molecule has 1 aromatic carbocycles. The molecule has 10 heteroatoms. The Morgan fingerprint density at radius 3 is 2.56 bits per heavy atom. The van der Waals surface area contributed by atoms with Crippen molar-refractivity contribution >= 4 is 24.0 Å². The maximum Gasteiger partial charge on any atom is 0.410 e. The number of amides is 1. The number of hydrogen-bond donors (Lipinski definition) is 2. The van der Waals surface area contributed by atoms with Gasteiger partial charge >= 0.3 is 12.1 Å². The van der Waals surface area contributed by atoms with Crippen LogP contribution in [0.25, 0.3) is 6.08 Å². The van der Waals surface area contributed by atoms with Crippen molar-refractivity contribution in [2.45, 2.75) is 58.3 Å². The van der Waals surface area contributed by atoms with Gasteiger partial charge in [0.25, 0.3) is 0 Å². The molecule has 2 aromatic heterocycles. The van der Waals surface area contributed by atoms with Crippen molar-refractivity contribution in [3.8, 4) is 5.88 Å². The number of nitrogens with one attached hydrogen (secondary N) is 2. The fourth-order valence-corrected chi connectivity index (χ4v) is 4.53. The topological polar surface area (TPSA) is 115 Å². The third kappa shape index (κ3) is 12.2. The Labute approximate surface area is 266 Å². The first-order valence-electron chi connectivity index (χ1n) is 15.5. The summed E-state index contributed by atoms with van der Waals surface area (Å²) in [7, 11) is 1.55. The first-order valence-corrected chi connectivity index (χ1v) is 15.5. The minimum atomic E-state index is -0.604. The highest BCUT2D eigenvalue weighted by atomic mass is 16.6. The number of nitrogens with zero attached hydrogens (tertiary/aromatic N) is 3. The van der Waals surface area contributed by atoms with E-state index < -0.39 is 11.7 Å². The number of aromatic nitrogens is 2. The molecular formula is C35H45N5O5. The van der Waals surface area contributed by atoms with Gasteiger partial charge < -0.3 is 29.7 Å². The molecular weight excluding hydrogens is 570 g/mol. The van der Waals surface area contributed by atoms with Crippen LogP contribution < -0.4 is 15.4 Å². The number of anilines is 1. The van der Waals surface area contributed by atoms with Crippen molar-refractivity contribution in [1.82, 2.24) is 20.2 Å². The summed E-state index contributed by atoms with van der Waals surface area (Å²) >= 11 is 0. The number of carbonyl (C=O) groups is 2. The van der Waals surface area contributed by atoms with Crippen molar-refractivity contribution in [3.63, 3.8) is 0 Å². The normalized spacial score (nSPS) is 13.7. The molecule has 1 amide bonds. The molecule has 0 saturated heterocycles. The summed E-state index contributed by atoms with van der Waals surface area (Å²) in [4.78, 5) is 36.6. The van der Waals surface area contributed by atoms with Crippen molar-refractivity contribution in [2.24, 2.45) is 5.92 Å². The Morgan fingerprint density at radius 2 is 1.87 bits per heavy atom. The summed E-state index contributed by atoms with van der Waals surface area (Å²) in [6, 6.07) is 18.7. The van der Waals surface area contributed by atoms with E-state index in [0.717, 1.165) is 35.1 Å². The van der Waals surface area contributed by atoms with Gasteiger partial charge in [-0.25, -0.2) is 14.8 Å². The van der Waals surface area contributed by atoms with E-state index in [2.05, 4.69) is 20.6 Å². The third-order valence-corrected chi connectivity index (χ3v) is 7.05. The zero-order valence-corrected chi connectivity index (χ0v) is 26.7. The fourth-order valence-electron chi connectivity index (χ4n) is 4.53. The van der Waals surface area contributed by atoms with Gasteiger partial charge in [-0.15, -0.1) is 0 Å². The lowest BCUT2D eigenvalue weighted by atomic mass is 10.1. The second-order valence-corrected chi connectivity index (χ2v) is 12.1. The number of rotatable bonds is 16. The van der Waals surface area contributed by atoms with E-state index in [1.807, 2.05) is 87.5 Å². The van der Waals surface area contributed by atoms with Crippen LogP contribution in [0.3, 0.4) is 0 Å². The second-order valence-electron chi connectivity index (χ2n) is 12.1. The van der Waals surface area contributed by atoms with E-state index >= 15 is 0 Å². The van der Waals surface area contributed by atoms with E-state index in [4.69, 9.17) is 14.2 Å². The van der Waals surface area contributed by atoms with E-state index in [0.29, 0.717) is 25.5 Å². The zero-order chi connectivity index (χ0) is 32.1. The number of esters is 1. The number of ether oxygens (including phenoxy) is 3. The van der Waals surface area contributed by atoms with Crippen LogP contribution in [0.15, 0.2) is 72.9 Å². The van der Waals surface area contributed by atoms with Crippen LogP contribution in [0, 0.1) is 5.92 Å². The summed E-state index contributed by atoms with van der Waals surface area (Å²) in [5.41, 5.74) is 1.91. The Hall–Kier alpha value is -4.44. The molecule has 1 aliphatic carbocycles. The molecule has 10 nitrogen and oxygen atoms in total. The number of benzene rings is 1. The predicted molar refractivity (Wildman–Crippen MR) is 175 cm³/mol. The highest BCUT2D eigenvalue weighted by Crippen LogP contribution is 2.28. The maximum absolute atomic E-state index is 13.2. The fraction of sp³-hybridized carbons (Fsp3) is 0.429. The highest BCUT2D eigenvalue weighted by Gasteiger charge is 2.23. The Morgan fingerprint density at radius 1 is 1.07 bits per heavy atom. The van der Waals surface area contributed by atoms with Crippen LogP contribution in [-0.2, 0) is 20.9 Å². The number of methoxy groups -OCH3 is 1. The minimum Gasteiger partial charge on any atom is -0.481 e. The lowest BCUT2D eigenvalue weighted by Crippen LogP contribution is -2.39. The number of pyridine rings is 2. The largest absolute Gasteiger partial charge is 0.481 e. The lowest BCUT2D eigenvalue weighted by Gasteiger charge is -2.25. The molecule has 240 valence electrons. The first-order chi connectivity index (χ1) is 21.7. The van der Waals surface area contributed by atoms with Gasteiger partial charge in [0, 0.05) is 44.5 Å². The molecule has 2 heterocycles. The molecule has 45 heavy (non-hydrogen) atoms. The van der Waals surface area contributed by atoms with E-state index in [9.17, 15) is 9.59 Å². The van der Waals surface area contributed by atoms with E-state index in [-0.39, 0.29) is 25.0 Å². The number of carbonyl (C=O) groups excluding carboxylic acids is 2. The minimum absolute atomic E-state index is 0.0976. The molecule has 0 aliphatic heterocycles. The van der Waals surface area contributed by atoms with Crippen LogP contribution in [0.2, 0.25) is 0 Å². The van der Waals surface area contributed by atoms with Crippen molar-refractivity contribution in [1.29, 1.82) is 0 Å². The number of hydrogen-bond acceptors (Lipinski definition) is 9. The highest BCUT2D eigenvalue weighted by molar-refractivity contribution is 5.71. The van der Waals surface area contributed by atoms with E-state index in [1.165, 1.54) is 12.8 Å². The van der Waals surface area contributed by atoms with Crippen LogP contribution >= 0.6 is 0 Å². The Bertz CT molecular complexity index is 1390. The van der Waals surface area contributed by atoms with Gasteiger partial charge in [0.2, 0.25) is 5.88 Å². The van der Waals surface area contributed by atoms with Gasteiger partial charge in [-0.2, -0.15) is 0 Å². The van der Waals surface area contributed by atoms with Gasteiger partial charge in [-0.1, -0.05) is 48.5 Å². The predicted octanol–water partition coefficient (Wildman–Crippen LogP) is 6.02. The molecule has 0 spiro atoms. The summed E-state index contributed by atoms with van der Waals surface area (Å²) in [5, 5.41) is 6.82. The average Bonchev–Trinajstić information content (AvgIpc) is 3.86. The van der Waals surface area contributed by atoms with Gasteiger partial charge in [0.1, 0.15) is 18.0 Å². The molecule has 0 radical (unpaired) electrons. The molecule has 4 rings (SSSR count). The SMILES string of the molecule is COc1ccc(C(CC(=O)OC(C)(C)C)NCCN(C/C=C/c2cccc(NCC3CC3)n2)C(=O)OCc2ccccc2)cn1. The quantitative estimate of drug-likeness (QED) is 0.187. The molecule has 2 N–H and O–H groups in total.